The van der Waals surface area contributed by atoms with Crippen molar-refractivity contribution in [3.05, 3.63) is 64.6 Å². The van der Waals surface area contributed by atoms with Gasteiger partial charge in [-0.2, -0.15) is 0 Å². The molecule has 0 heterocycles. The first kappa shape index (κ1) is 15.3. The summed E-state index contributed by atoms with van der Waals surface area (Å²) in [5.74, 6) is -0.143. The van der Waals surface area contributed by atoms with Gasteiger partial charge in [0.2, 0.25) is 5.91 Å². The second-order valence-electron chi connectivity index (χ2n) is 4.82. The maximum atomic E-state index is 11.9. The Labute approximate surface area is 133 Å². The zero-order valence-corrected chi connectivity index (χ0v) is 13.6. The van der Waals surface area contributed by atoms with Crippen molar-refractivity contribution in [3.63, 3.8) is 0 Å². The summed E-state index contributed by atoms with van der Waals surface area (Å²) in [6.07, 6.45) is 3.32. The molecule has 0 aliphatic carbocycles. The molecule has 0 fully saturated rings. The van der Waals surface area contributed by atoms with Crippen LogP contribution in [0.2, 0.25) is 0 Å². The number of rotatable bonds is 4. The maximum Gasteiger partial charge on any atom is 0.248 e. The van der Waals surface area contributed by atoms with Gasteiger partial charge in [-0.3, -0.25) is 4.79 Å². The molecule has 3 nitrogen and oxygen atoms in total. The van der Waals surface area contributed by atoms with Crippen molar-refractivity contribution < 1.29 is 4.79 Å². The van der Waals surface area contributed by atoms with Crippen molar-refractivity contribution in [1.82, 2.24) is 0 Å². The van der Waals surface area contributed by atoms with E-state index < -0.39 is 0 Å². The third kappa shape index (κ3) is 4.76. The van der Waals surface area contributed by atoms with Crippen LogP contribution in [0.4, 0.5) is 11.4 Å². The van der Waals surface area contributed by atoms with Crippen LogP contribution >= 0.6 is 15.9 Å². The van der Waals surface area contributed by atoms with Crippen molar-refractivity contribution in [1.29, 1.82) is 0 Å². The van der Waals surface area contributed by atoms with Crippen LogP contribution in [0.25, 0.3) is 6.08 Å². The average Bonchev–Trinajstić information content (AvgIpc) is 2.47. The topological polar surface area (TPSA) is 32.3 Å². The van der Waals surface area contributed by atoms with E-state index in [0.29, 0.717) is 0 Å². The third-order valence-electron chi connectivity index (χ3n) is 2.95. The Morgan fingerprint density at radius 3 is 2.24 bits per heavy atom. The Balaban J connectivity index is 1.96. The molecule has 2 aromatic rings. The first-order valence-corrected chi connectivity index (χ1v) is 7.36. The zero-order valence-electron chi connectivity index (χ0n) is 12.0. The molecule has 4 heteroatoms. The average molecular weight is 345 g/mol. The number of anilines is 2. The Bertz CT molecular complexity index is 631. The van der Waals surface area contributed by atoms with Crippen LogP contribution in [0.3, 0.4) is 0 Å². The van der Waals surface area contributed by atoms with Gasteiger partial charge in [0.15, 0.2) is 0 Å². The van der Waals surface area contributed by atoms with Gasteiger partial charge in [-0.1, -0.05) is 28.1 Å². The van der Waals surface area contributed by atoms with Gasteiger partial charge in [-0.05, 0) is 48.0 Å². The number of halogens is 1. The predicted octanol–water partition coefficient (Wildman–Crippen LogP) is 4.17. The number of amides is 1. The summed E-state index contributed by atoms with van der Waals surface area (Å²) in [6.45, 7) is 0. The van der Waals surface area contributed by atoms with Crippen molar-refractivity contribution in [2.75, 3.05) is 24.3 Å². The van der Waals surface area contributed by atoms with E-state index >= 15 is 0 Å². The molecule has 0 radical (unpaired) electrons. The minimum atomic E-state index is -0.143. The van der Waals surface area contributed by atoms with Crippen LogP contribution in [-0.2, 0) is 4.79 Å². The fourth-order valence-electron chi connectivity index (χ4n) is 1.77. The fraction of sp³-hybridized carbons (Fsp3) is 0.118. The van der Waals surface area contributed by atoms with Crippen LogP contribution in [0.15, 0.2) is 59.1 Å². The van der Waals surface area contributed by atoms with Gasteiger partial charge in [-0.25, -0.2) is 0 Å². The van der Waals surface area contributed by atoms with Crippen LogP contribution in [-0.4, -0.2) is 20.0 Å². The molecule has 1 amide bonds. The summed E-state index contributed by atoms with van der Waals surface area (Å²) < 4.78 is 1.02. The molecule has 1 N–H and O–H groups in total. The number of carbonyl (C=O) groups excluding carboxylic acids is 1. The second kappa shape index (κ2) is 7.09. The lowest BCUT2D eigenvalue weighted by Gasteiger charge is -2.12. The van der Waals surface area contributed by atoms with Gasteiger partial charge in [0.05, 0.1) is 0 Å². The van der Waals surface area contributed by atoms with E-state index in [0.717, 1.165) is 21.4 Å². The van der Waals surface area contributed by atoms with Crippen LogP contribution in [0.1, 0.15) is 5.56 Å². The predicted molar refractivity (Wildman–Crippen MR) is 92.6 cm³/mol. The summed E-state index contributed by atoms with van der Waals surface area (Å²) in [6, 6.07) is 15.5. The fourth-order valence-corrected chi connectivity index (χ4v) is 2.04. The lowest BCUT2D eigenvalue weighted by molar-refractivity contribution is -0.111. The number of hydrogen-bond donors (Lipinski definition) is 1. The lowest BCUT2D eigenvalue weighted by atomic mass is 10.2. The van der Waals surface area contributed by atoms with Gasteiger partial charge in [-0.15, -0.1) is 0 Å². The molecular formula is C17H17BrN2O. The number of nitrogens with zero attached hydrogens (tertiary/aromatic N) is 1. The molecule has 21 heavy (non-hydrogen) atoms. The highest BCUT2D eigenvalue weighted by Gasteiger charge is 1.99. The summed E-state index contributed by atoms with van der Waals surface area (Å²) in [5, 5.41) is 2.84. The number of nitrogens with one attached hydrogen (secondary N) is 1. The molecule has 0 saturated carbocycles. The normalized spacial score (nSPS) is 10.6. The highest BCUT2D eigenvalue weighted by Crippen LogP contribution is 2.16. The second-order valence-corrected chi connectivity index (χ2v) is 5.73. The Morgan fingerprint density at radius 1 is 1.05 bits per heavy atom. The lowest BCUT2D eigenvalue weighted by Crippen LogP contribution is -2.10. The van der Waals surface area contributed by atoms with E-state index in [2.05, 4.69) is 21.2 Å². The van der Waals surface area contributed by atoms with E-state index in [1.807, 2.05) is 67.5 Å². The first-order valence-electron chi connectivity index (χ1n) is 6.56. The number of benzene rings is 2. The van der Waals surface area contributed by atoms with Crippen LogP contribution in [0, 0.1) is 0 Å². The summed E-state index contributed by atoms with van der Waals surface area (Å²) in [5.41, 5.74) is 2.86. The van der Waals surface area contributed by atoms with E-state index in [9.17, 15) is 4.79 Å². The van der Waals surface area contributed by atoms with E-state index in [-0.39, 0.29) is 5.91 Å². The van der Waals surface area contributed by atoms with Gasteiger partial charge in [0.25, 0.3) is 0 Å². The number of hydrogen-bond acceptors (Lipinski definition) is 2. The standard InChI is InChI=1S/C17H17BrN2O/c1-20(2)16-10-8-15(9-11-16)19-17(21)12-5-13-3-6-14(18)7-4-13/h3-12H,1-2H3,(H,19,21)/b12-5+. The molecule has 0 aliphatic heterocycles. The van der Waals surface area contributed by atoms with E-state index in [4.69, 9.17) is 0 Å². The minimum Gasteiger partial charge on any atom is -0.378 e. The molecule has 0 aromatic heterocycles. The first-order chi connectivity index (χ1) is 10.0. The zero-order chi connectivity index (χ0) is 15.2. The van der Waals surface area contributed by atoms with Crippen LogP contribution < -0.4 is 10.2 Å². The quantitative estimate of drug-likeness (QED) is 0.844. The molecule has 0 saturated heterocycles. The van der Waals surface area contributed by atoms with E-state index in [1.54, 1.807) is 6.08 Å². The summed E-state index contributed by atoms with van der Waals surface area (Å²) in [7, 11) is 3.96. The number of carbonyl (C=O) groups is 1. The molecule has 108 valence electrons. The third-order valence-corrected chi connectivity index (χ3v) is 3.48. The molecule has 0 spiro atoms. The Hall–Kier alpha value is -2.07. The summed E-state index contributed by atoms with van der Waals surface area (Å²) in [4.78, 5) is 13.9. The highest BCUT2D eigenvalue weighted by molar-refractivity contribution is 9.10. The molecule has 2 rings (SSSR count). The Kier molecular flexibility index (Phi) is 5.17. The molecular weight excluding hydrogens is 328 g/mol. The van der Waals surface area contributed by atoms with Crippen molar-refractivity contribution >= 4 is 39.3 Å². The molecule has 0 unspecified atom stereocenters. The van der Waals surface area contributed by atoms with Gasteiger partial charge in [0.1, 0.15) is 0 Å². The maximum absolute atomic E-state index is 11.9. The molecule has 0 bridgehead atoms. The molecule has 0 aliphatic rings. The van der Waals surface area contributed by atoms with Gasteiger partial charge in [0, 0.05) is 36.0 Å². The van der Waals surface area contributed by atoms with Gasteiger partial charge >= 0.3 is 0 Å². The van der Waals surface area contributed by atoms with Crippen molar-refractivity contribution in [3.8, 4) is 0 Å². The SMILES string of the molecule is CN(C)c1ccc(NC(=O)/C=C/c2ccc(Br)cc2)cc1. The molecule has 0 atom stereocenters. The Morgan fingerprint density at radius 2 is 1.67 bits per heavy atom. The minimum absolute atomic E-state index is 0.143. The highest BCUT2D eigenvalue weighted by atomic mass is 79.9. The van der Waals surface area contributed by atoms with Gasteiger partial charge < -0.3 is 10.2 Å². The van der Waals surface area contributed by atoms with E-state index in [1.165, 1.54) is 6.08 Å². The largest absolute Gasteiger partial charge is 0.378 e. The van der Waals surface area contributed by atoms with Crippen LogP contribution in [0.5, 0.6) is 0 Å². The summed E-state index contributed by atoms with van der Waals surface area (Å²) >= 11 is 3.38. The monoisotopic (exact) mass is 344 g/mol. The van der Waals surface area contributed by atoms with Crippen molar-refractivity contribution in [2.24, 2.45) is 0 Å². The molecule has 2 aromatic carbocycles. The smallest absolute Gasteiger partial charge is 0.248 e. The van der Waals surface area contributed by atoms with Crippen molar-refractivity contribution in [2.45, 2.75) is 0 Å².